The van der Waals surface area contributed by atoms with Crippen LogP contribution in [-0.2, 0) is 9.59 Å². The molecule has 1 aliphatic heterocycles. The topological polar surface area (TPSA) is 110 Å². The minimum Gasteiger partial charge on any atom is -0.480 e. The van der Waals surface area contributed by atoms with Crippen molar-refractivity contribution in [3.63, 3.8) is 0 Å². The highest BCUT2D eigenvalue weighted by molar-refractivity contribution is 5.81. The summed E-state index contributed by atoms with van der Waals surface area (Å²) in [5.41, 5.74) is 10.0. The molecular formula is C13H25N3O3. The number of likely N-dealkylation sites (tertiary alicyclic amines) is 1. The Morgan fingerprint density at radius 2 is 1.89 bits per heavy atom. The van der Waals surface area contributed by atoms with Crippen LogP contribution in [0.25, 0.3) is 0 Å². The third-order valence-corrected chi connectivity index (χ3v) is 3.91. The van der Waals surface area contributed by atoms with Crippen LogP contribution < -0.4 is 11.5 Å². The molecule has 1 rings (SSSR count). The first-order chi connectivity index (χ1) is 8.90. The van der Waals surface area contributed by atoms with Crippen molar-refractivity contribution in [1.82, 2.24) is 4.90 Å². The van der Waals surface area contributed by atoms with Crippen LogP contribution in [0.5, 0.6) is 0 Å². The van der Waals surface area contributed by atoms with Crippen LogP contribution in [0.15, 0.2) is 0 Å². The maximum atomic E-state index is 12.2. The fourth-order valence-corrected chi connectivity index (χ4v) is 2.37. The summed E-state index contributed by atoms with van der Waals surface area (Å²) in [7, 11) is 0. The Labute approximate surface area is 114 Å². The van der Waals surface area contributed by atoms with Crippen LogP contribution in [0.2, 0.25) is 0 Å². The zero-order chi connectivity index (χ0) is 14.5. The van der Waals surface area contributed by atoms with Crippen molar-refractivity contribution < 1.29 is 14.7 Å². The Morgan fingerprint density at radius 3 is 2.37 bits per heavy atom. The lowest BCUT2D eigenvalue weighted by Crippen LogP contribution is -2.57. The van der Waals surface area contributed by atoms with Crippen LogP contribution in [0, 0.1) is 5.92 Å². The van der Waals surface area contributed by atoms with Gasteiger partial charge in [0, 0.05) is 19.0 Å². The molecule has 0 saturated carbocycles. The Morgan fingerprint density at radius 1 is 1.32 bits per heavy atom. The second kappa shape index (κ2) is 6.86. The van der Waals surface area contributed by atoms with E-state index in [4.69, 9.17) is 16.6 Å². The lowest BCUT2D eigenvalue weighted by atomic mass is 9.88. The maximum absolute atomic E-state index is 12.2. The predicted molar refractivity (Wildman–Crippen MR) is 72.4 cm³/mol. The van der Waals surface area contributed by atoms with E-state index in [9.17, 15) is 9.59 Å². The standard InChI is InChI=1S/C13H25N3O3/c1-10(4-2-3-7-14)11(17)16-8-5-13(15,6-9-16)12(18)19/h10H,2-9,14-15H2,1H3,(H,18,19). The highest BCUT2D eigenvalue weighted by Crippen LogP contribution is 2.22. The van der Waals surface area contributed by atoms with E-state index >= 15 is 0 Å². The molecule has 19 heavy (non-hydrogen) atoms. The van der Waals surface area contributed by atoms with Crippen molar-refractivity contribution in [1.29, 1.82) is 0 Å². The van der Waals surface area contributed by atoms with Gasteiger partial charge in [-0.3, -0.25) is 9.59 Å². The molecule has 0 spiro atoms. The number of amides is 1. The molecule has 1 aliphatic rings. The molecule has 1 heterocycles. The molecule has 0 aromatic rings. The molecule has 0 aromatic carbocycles. The van der Waals surface area contributed by atoms with Gasteiger partial charge in [-0.1, -0.05) is 13.3 Å². The van der Waals surface area contributed by atoms with Gasteiger partial charge in [-0.05, 0) is 32.2 Å². The summed E-state index contributed by atoms with van der Waals surface area (Å²) < 4.78 is 0. The summed E-state index contributed by atoms with van der Waals surface area (Å²) >= 11 is 0. The fraction of sp³-hybridized carbons (Fsp3) is 0.846. The fourth-order valence-electron chi connectivity index (χ4n) is 2.37. The molecule has 1 saturated heterocycles. The minimum atomic E-state index is -1.17. The van der Waals surface area contributed by atoms with E-state index < -0.39 is 11.5 Å². The smallest absolute Gasteiger partial charge is 0.323 e. The van der Waals surface area contributed by atoms with E-state index in [1.54, 1.807) is 4.90 Å². The van der Waals surface area contributed by atoms with Crippen LogP contribution in [0.4, 0.5) is 0 Å². The summed E-state index contributed by atoms with van der Waals surface area (Å²) in [5.74, 6) is -0.901. The van der Waals surface area contributed by atoms with Gasteiger partial charge in [0.2, 0.25) is 5.91 Å². The number of rotatable bonds is 6. The highest BCUT2D eigenvalue weighted by Gasteiger charge is 2.39. The molecule has 0 radical (unpaired) electrons. The highest BCUT2D eigenvalue weighted by atomic mass is 16.4. The van der Waals surface area contributed by atoms with Gasteiger partial charge in [-0.2, -0.15) is 0 Å². The van der Waals surface area contributed by atoms with Crippen LogP contribution in [0.3, 0.4) is 0 Å². The summed E-state index contributed by atoms with van der Waals surface area (Å²) in [4.78, 5) is 24.9. The Balaban J connectivity index is 2.42. The van der Waals surface area contributed by atoms with E-state index in [0.717, 1.165) is 19.3 Å². The predicted octanol–water partition coefficient (Wildman–Crippen LogP) is 0.156. The van der Waals surface area contributed by atoms with Gasteiger partial charge in [0.05, 0.1) is 0 Å². The maximum Gasteiger partial charge on any atom is 0.323 e. The number of carboxylic acids is 1. The zero-order valence-electron chi connectivity index (χ0n) is 11.6. The van der Waals surface area contributed by atoms with E-state index in [-0.39, 0.29) is 11.8 Å². The Kier molecular flexibility index (Phi) is 5.75. The molecule has 0 bridgehead atoms. The molecule has 110 valence electrons. The number of nitrogens with zero attached hydrogens (tertiary/aromatic N) is 1. The number of carbonyl (C=O) groups excluding carboxylic acids is 1. The van der Waals surface area contributed by atoms with Gasteiger partial charge < -0.3 is 21.5 Å². The van der Waals surface area contributed by atoms with E-state index in [1.165, 1.54) is 0 Å². The zero-order valence-corrected chi connectivity index (χ0v) is 11.6. The van der Waals surface area contributed by atoms with E-state index in [0.29, 0.717) is 32.5 Å². The normalized spacial score (nSPS) is 20.1. The molecule has 1 atom stereocenters. The van der Waals surface area contributed by atoms with Crippen LogP contribution in [-0.4, -0.2) is 47.1 Å². The van der Waals surface area contributed by atoms with E-state index in [2.05, 4.69) is 0 Å². The SMILES string of the molecule is CC(CCCCN)C(=O)N1CCC(N)(C(=O)O)CC1. The Hall–Kier alpha value is -1.14. The first-order valence-electron chi connectivity index (χ1n) is 6.92. The molecule has 6 heteroatoms. The molecule has 5 N–H and O–H groups in total. The third kappa shape index (κ3) is 4.18. The number of nitrogens with two attached hydrogens (primary N) is 2. The van der Waals surface area contributed by atoms with Crippen LogP contribution >= 0.6 is 0 Å². The van der Waals surface area contributed by atoms with Gasteiger partial charge in [-0.25, -0.2) is 0 Å². The number of unbranched alkanes of at least 4 members (excludes halogenated alkanes) is 1. The van der Waals surface area contributed by atoms with Crippen molar-refractivity contribution in [2.24, 2.45) is 17.4 Å². The first-order valence-corrected chi connectivity index (χ1v) is 6.92. The van der Waals surface area contributed by atoms with Gasteiger partial charge >= 0.3 is 5.97 Å². The lowest BCUT2D eigenvalue weighted by Gasteiger charge is -2.37. The van der Waals surface area contributed by atoms with Crippen molar-refractivity contribution >= 4 is 11.9 Å². The summed E-state index contributed by atoms with van der Waals surface area (Å²) in [5, 5.41) is 9.03. The Bertz CT molecular complexity index is 325. The summed E-state index contributed by atoms with van der Waals surface area (Å²) in [6.07, 6.45) is 3.36. The molecule has 1 amide bonds. The van der Waals surface area contributed by atoms with Crippen molar-refractivity contribution in [3.8, 4) is 0 Å². The monoisotopic (exact) mass is 271 g/mol. The van der Waals surface area contributed by atoms with Crippen molar-refractivity contribution in [3.05, 3.63) is 0 Å². The number of hydrogen-bond acceptors (Lipinski definition) is 4. The largest absolute Gasteiger partial charge is 0.480 e. The van der Waals surface area contributed by atoms with Crippen molar-refractivity contribution in [2.45, 2.75) is 44.6 Å². The molecule has 1 unspecified atom stereocenters. The van der Waals surface area contributed by atoms with E-state index in [1.807, 2.05) is 6.92 Å². The van der Waals surface area contributed by atoms with Crippen LogP contribution in [0.1, 0.15) is 39.0 Å². The molecular weight excluding hydrogens is 246 g/mol. The molecule has 0 aliphatic carbocycles. The number of carbonyl (C=O) groups is 2. The average molecular weight is 271 g/mol. The molecule has 6 nitrogen and oxygen atoms in total. The van der Waals surface area contributed by atoms with Gasteiger partial charge in [0.25, 0.3) is 0 Å². The minimum absolute atomic E-state index is 0.0262. The second-order valence-corrected chi connectivity index (χ2v) is 5.47. The first kappa shape index (κ1) is 15.9. The summed E-state index contributed by atoms with van der Waals surface area (Å²) in [6, 6.07) is 0. The number of piperidine rings is 1. The number of hydrogen-bond donors (Lipinski definition) is 3. The third-order valence-electron chi connectivity index (χ3n) is 3.91. The van der Waals surface area contributed by atoms with Crippen molar-refractivity contribution in [2.75, 3.05) is 19.6 Å². The number of aliphatic carboxylic acids is 1. The average Bonchev–Trinajstić information content (AvgIpc) is 2.39. The van der Waals surface area contributed by atoms with Gasteiger partial charge in [-0.15, -0.1) is 0 Å². The van der Waals surface area contributed by atoms with Gasteiger partial charge in [0.15, 0.2) is 0 Å². The quantitative estimate of drug-likeness (QED) is 0.596. The van der Waals surface area contributed by atoms with Gasteiger partial charge in [0.1, 0.15) is 5.54 Å². The molecule has 0 aromatic heterocycles. The second-order valence-electron chi connectivity index (χ2n) is 5.47. The lowest BCUT2D eigenvalue weighted by molar-refractivity contribution is -0.148. The molecule has 1 fully saturated rings. The summed E-state index contributed by atoms with van der Waals surface area (Å²) in [6.45, 7) is 3.44. The number of carboxylic acid groups (broad SMARTS) is 1.